The van der Waals surface area contributed by atoms with Gasteiger partial charge in [0.2, 0.25) is 0 Å². The summed E-state index contributed by atoms with van der Waals surface area (Å²) in [5.41, 5.74) is 6.74. The summed E-state index contributed by atoms with van der Waals surface area (Å²) in [5.74, 6) is 0. The molecule has 0 spiro atoms. The Morgan fingerprint density at radius 3 is 2.80 bits per heavy atom. The number of rotatable bonds is 1. The highest BCUT2D eigenvalue weighted by Gasteiger charge is 2.30. The molecular weight excluding hydrogens is 206 g/mol. The highest BCUT2D eigenvalue weighted by molar-refractivity contribution is 7.17. The van der Waals surface area contributed by atoms with Crippen molar-refractivity contribution in [2.75, 3.05) is 23.7 Å². The molecule has 0 amide bonds. The molecule has 1 saturated heterocycles. The maximum atomic E-state index is 8.84. The van der Waals surface area contributed by atoms with Crippen molar-refractivity contribution in [3.63, 3.8) is 0 Å². The van der Waals surface area contributed by atoms with E-state index < -0.39 is 0 Å². The third-order valence-electron chi connectivity index (χ3n) is 2.84. The smallest absolute Gasteiger partial charge is 0.129 e. The van der Waals surface area contributed by atoms with Gasteiger partial charge in [-0.2, -0.15) is 5.26 Å². The van der Waals surface area contributed by atoms with E-state index in [4.69, 9.17) is 11.0 Å². The average molecular weight is 221 g/mol. The van der Waals surface area contributed by atoms with E-state index in [1.165, 1.54) is 17.8 Å². The summed E-state index contributed by atoms with van der Waals surface area (Å²) in [6.45, 7) is 6.67. The van der Waals surface area contributed by atoms with E-state index >= 15 is 0 Å². The quantitative estimate of drug-likeness (QED) is 0.792. The van der Waals surface area contributed by atoms with Crippen LogP contribution in [0.2, 0.25) is 0 Å². The second-order valence-corrected chi connectivity index (χ2v) is 5.85. The van der Waals surface area contributed by atoms with Crippen LogP contribution in [0.5, 0.6) is 0 Å². The summed E-state index contributed by atoms with van der Waals surface area (Å²) in [7, 11) is 0. The van der Waals surface area contributed by atoms with Gasteiger partial charge < -0.3 is 10.6 Å². The molecule has 0 unspecified atom stereocenters. The van der Waals surface area contributed by atoms with Crippen LogP contribution in [0, 0.1) is 16.7 Å². The molecule has 1 aromatic rings. The highest BCUT2D eigenvalue weighted by Crippen LogP contribution is 2.38. The van der Waals surface area contributed by atoms with Gasteiger partial charge in [0.1, 0.15) is 10.9 Å². The summed E-state index contributed by atoms with van der Waals surface area (Å²) < 4.78 is 0. The third-order valence-corrected chi connectivity index (χ3v) is 3.95. The summed E-state index contributed by atoms with van der Waals surface area (Å²) >= 11 is 1.50. The largest absolute Gasteiger partial charge is 0.397 e. The third kappa shape index (κ3) is 1.93. The average Bonchev–Trinajstić information content (AvgIpc) is 2.69. The molecule has 1 aliphatic rings. The van der Waals surface area contributed by atoms with Crippen LogP contribution >= 0.6 is 11.3 Å². The van der Waals surface area contributed by atoms with Gasteiger partial charge in [-0.05, 0) is 17.9 Å². The van der Waals surface area contributed by atoms with Crippen molar-refractivity contribution >= 4 is 22.0 Å². The first-order chi connectivity index (χ1) is 7.02. The summed E-state index contributed by atoms with van der Waals surface area (Å²) in [6.07, 6.45) is 1.20. The Labute approximate surface area is 94.1 Å². The van der Waals surface area contributed by atoms with Crippen molar-refractivity contribution in [2.45, 2.75) is 20.3 Å². The standard InChI is InChI=1S/C11H15N3S/c1-11(2)3-4-14(7-11)10-5-8(13)9(6-12)15-10/h5H,3-4,7,13H2,1-2H3. The highest BCUT2D eigenvalue weighted by atomic mass is 32.1. The molecule has 2 heterocycles. The SMILES string of the molecule is CC1(C)CCN(c2cc(N)c(C#N)s2)C1. The topological polar surface area (TPSA) is 53.0 Å². The van der Waals surface area contributed by atoms with E-state index in [1.54, 1.807) is 0 Å². The molecule has 15 heavy (non-hydrogen) atoms. The zero-order valence-electron chi connectivity index (χ0n) is 9.08. The summed E-state index contributed by atoms with van der Waals surface area (Å²) in [4.78, 5) is 2.96. The van der Waals surface area contributed by atoms with Crippen LogP contribution in [0.25, 0.3) is 0 Å². The first-order valence-corrected chi connectivity index (χ1v) is 5.88. The van der Waals surface area contributed by atoms with E-state index in [1.807, 2.05) is 6.07 Å². The fraction of sp³-hybridized carbons (Fsp3) is 0.545. The van der Waals surface area contributed by atoms with Gasteiger partial charge in [0.05, 0.1) is 10.7 Å². The van der Waals surface area contributed by atoms with E-state index in [0.29, 0.717) is 16.0 Å². The predicted octanol–water partition coefficient (Wildman–Crippen LogP) is 2.44. The van der Waals surface area contributed by atoms with Crippen molar-refractivity contribution < 1.29 is 0 Å². The molecule has 0 atom stereocenters. The molecule has 0 radical (unpaired) electrons. The van der Waals surface area contributed by atoms with Crippen LogP contribution in [0.1, 0.15) is 25.1 Å². The molecule has 80 valence electrons. The Kier molecular flexibility index (Phi) is 2.35. The van der Waals surface area contributed by atoms with Crippen LogP contribution in [0.3, 0.4) is 0 Å². The number of hydrogen-bond donors (Lipinski definition) is 1. The molecule has 2 rings (SSSR count). The summed E-state index contributed by atoms with van der Waals surface area (Å²) in [5, 5.41) is 9.97. The van der Waals surface area contributed by atoms with Crippen molar-refractivity contribution in [2.24, 2.45) is 5.41 Å². The van der Waals surface area contributed by atoms with E-state index in [9.17, 15) is 0 Å². The van der Waals surface area contributed by atoms with Gasteiger partial charge in [0, 0.05) is 13.1 Å². The molecule has 1 fully saturated rings. The molecule has 1 aliphatic heterocycles. The van der Waals surface area contributed by atoms with Gasteiger partial charge in [-0.25, -0.2) is 0 Å². The summed E-state index contributed by atoms with van der Waals surface area (Å²) in [6, 6.07) is 4.05. The van der Waals surface area contributed by atoms with Gasteiger partial charge in [-0.1, -0.05) is 13.8 Å². The molecular formula is C11H15N3S. The van der Waals surface area contributed by atoms with Crippen molar-refractivity contribution in [3.05, 3.63) is 10.9 Å². The van der Waals surface area contributed by atoms with Crippen LogP contribution < -0.4 is 10.6 Å². The fourth-order valence-electron chi connectivity index (χ4n) is 1.94. The van der Waals surface area contributed by atoms with Crippen LogP contribution in [-0.4, -0.2) is 13.1 Å². The lowest BCUT2D eigenvalue weighted by Crippen LogP contribution is -2.21. The number of nitrogens with zero attached hydrogens (tertiary/aromatic N) is 2. The van der Waals surface area contributed by atoms with Crippen LogP contribution in [-0.2, 0) is 0 Å². The molecule has 0 aliphatic carbocycles. The molecule has 4 heteroatoms. The molecule has 2 N–H and O–H groups in total. The number of nitriles is 1. The van der Waals surface area contributed by atoms with E-state index in [0.717, 1.165) is 18.1 Å². The Hall–Kier alpha value is -1.21. The zero-order valence-corrected chi connectivity index (χ0v) is 9.90. The minimum atomic E-state index is 0.381. The lowest BCUT2D eigenvalue weighted by Gasteiger charge is -2.19. The van der Waals surface area contributed by atoms with Gasteiger partial charge in [0.15, 0.2) is 0 Å². The number of anilines is 2. The zero-order chi connectivity index (χ0) is 11.1. The molecule has 1 aromatic heterocycles. The minimum absolute atomic E-state index is 0.381. The second-order valence-electron chi connectivity index (χ2n) is 4.82. The van der Waals surface area contributed by atoms with Crippen LogP contribution in [0.4, 0.5) is 10.7 Å². The monoisotopic (exact) mass is 221 g/mol. The molecule has 0 saturated carbocycles. The Morgan fingerprint density at radius 1 is 1.60 bits per heavy atom. The number of thiophene rings is 1. The van der Waals surface area contributed by atoms with Gasteiger partial charge >= 0.3 is 0 Å². The Morgan fingerprint density at radius 2 is 2.33 bits per heavy atom. The normalized spacial score (nSPS) is 19.1. The fourth-order valence-corrected chi connectivity index (χ4v) is 2.84. The first kappa shape index (κ1) is 10.3. The lowest BCUT2D eigenvalue weighted by molar-refractivity contribution is 0.419. The van der Waals surface area contributed by atoms with Crippen molar-refractivity contribution in [3.8, 4) is 6.07 Å². The van der Waals surface area contributed by atoms with Gasteiger partial charge in [-0.3, -0.25) is 0 Å². The number of hydrogen-bond acceptors (Lipinski definition) is 4. The Bertz CT molecular complexity index is 414. The van der Waals surface area contributed by atoms with Crippen molar-refractivity contribution in [1.29, 1.82) is 5.26 Å². The molecule has 3 nitrogen and oxygen atoms in total. The van der Waals surface area contributed by atoms with E-state index in [-0.39, 0.29) is 0 Å². The lowest BCUT2D eigenvalue weighted by atomic mass is 9.93. The van der Waals surface area contributed by atoms with Crippen molar-refractivity contribution in [1.82, 2.24) is 0 Å². The number of nitrogens with two attached hydrogens (primary N) is 1. The maximum Gasteiger partial charge on any atom is 0.129 e. The van der Waals surface area contributed by atoms with Gasteiger partial charge in [0.25, 0.3) is 0 Å². The first-order valence-electron chi connectivity index (χ1n) is 5.06. The van der Waals surface area contributed by atoms with Crippen LogP contribution in [0.15, 0.2) is 6.07 Å². The molecule has 0 bridgehead atoms. The Balaban J connectivity index is 2.22. The second kappa shape index (κ2) is 3.42. The minimum Gasteiger partial charge on any atom is -0.397 e. The molecule has 0 aromatic carbocycles. The van der Waals surface area contributed by atoms with E-state index in [2.05, 4.69) is 24.8 Å². The maximum absolute atomic E-state index is 8.84. The van der Waals surface area contributed by atoms with Gasteiger partial charge in [-0.15, -0.1) is 11.3 Å². The predicted molar refractivity (Wildman–Crippen MR) is 64.1 cm³/mol. The number of nitrogen functional groups attached to an aromatic ring is 1.